The zero-order valence-corrected chi connectivity index (χ0v) is 19.8. The van der Waals surface area contributed by atoms with E-state index in [1.807, 2.05) is 24.3 Å². The summed E-state index contributed by atoms with van der Waals surface area (Å²) in [6, 6.07) is 17.4. The fourth-order valence-corrected chi connectivity index (χ4v) is 5.48. The first-order chi connectivity index (χ1) is 17.4. The second-order valence-corrected chi connectivity index (χ2v) is 9.08. The van der Waals surface area contributed by atoms with Crippen LogP contribution in [0.1, 0.15) is 11.1 Å². The van der Waals surface area contributed by atoms with Crippen molar-refractivity contribution in [2.24, 2.45) is 0 Å². The minimum atomic E-state index is 0.00269. The predicted molar refractivity (Wildman–Crippen MR) is 139 cm³/mol. The monoisotopic (exact) mass is 480 g/mol. The van der Waals surface area contributed by atoms with Crippen LogP contribution < -0.4 is 9.47 Å². The number of phenolic OH excluding ortho intramolecular Hbond substituents is 4. The molecule has 0 saturated heterocycles. The fraction of sp³-hybridized carbons (Fsp3) is 0.133. The number of rotatable bonds is 3. The van der Waals surface area contributed by atoms with Crippen LogP contribution in [0.3, 0.4) is 0 Å². The van der Waals surface area contributed by atoms with Gasteiger partial charge in [0, 0.05) is 34.0 Å². The Morgan fingerprint density at radius 1 is 0.639 bits per heavy atom. The highest BCUT2D eigenvalue weighted by Crippen LogP contribution is 2.49. The molecule has 1 aliphatic carbocycles. The first-order valence-electron chi connectivity index (χ1n) is 11.6. The molecule has 0 atom stereocenters. The molecule has 0 bridgehead atoms. The van der Waals surface area contributed by atoms with E-state index in [4.69, 9.17) is 9.47 Å². The van der Waals surface area contributed by atoms with Crippen molar-refractivity contribution >= 4 is 21.5 Å². The molecule has 1 aliphatic rings. The van der Waals surface area contributed by atoms with Gasteiger partial charge in [-0.15, -0.1) is 0 Å². The average molecular weight is 481 g/mol. The molecule has 5 aromatic rings. The number of hydrogen-bond acceptors (Lipinski definition) is 6. The molecule has 6 rings (SSSR count). The lowest BCUT2D eigenvalue weighted by Gasteiger charge is -2.24. The van der Waals surface area contributed by atoms with Gasteiger partial charge in [-0.25, -0.2) is 0 Å². The maximum atomic E-state index is 11.2. The maximum Gasteiger partial charge on any atom is 0.131 e. The van der Waals surface area contributed by atoms with Gasteiger partial charge in [-0.1, -0.05) is 12.1 Å². The summed E-state index contributed by atoms with van der Waals surface area (Å²) in [4.78, 5) is 0. The molecule has 6 heteroatoms. The largest absolute Gasteiger partial charge is 0.508 e. The maximum absolute atomic E-state index is 11.2. The smallest absolute Gasteiger partial charge is 0.131 e. The van der Waals surface area contributed by atoms with E-state index in [1.165, 1.54) is 13.2 Å². The van der Waals surface area contributed by atoms with Crippen molar-refractivity contribution in [1.82, 2.24) is 0 Å². The summed E-state index contributed by atoms with van der Waals surface area (Å²) in [6.07, 6.45) is 1.43. The Morgan fingerprint density at radius 2 is 1.44 bits per heavy atom. The van der Waals surface area contributed by atoms with E-state index < -0.39 is 0 Å². The number of ether oxygens (including phenoxy) is 2. The lowest BCUT2D eigenvalue weighted by molar-refractivity contribution is 0.407. The summed E-state index contributed by atoms with van der Waals surface area (Å²) in [5.41, 5.74) is 4.68. The van der Waals surface area contributed by atoms with Crippen LogP contribution in [0, 0.1) is 0 Å². The number of aromatic hydroxyl groups is 4. The van der Waals surface area contributed by atoms with Crippen molar-refractivity contribution in [3.63, 3.8) is 0 Å². The lowest BCUT2D eigenvalue weighted by Crippen LogP contribution is -2.05. The molecule has 0 heterocycles. The Morgan fingerprint density at radius 3 is 2.22 bits per heavy atom. The second kappa shape index (κ2) is 7.99. The molecule has 0 unspecified atom stereocenters. The van der Waals surface area contributed by atoms with Gasteiger partial charge in [0.25, 0.3) is 0 Å². The standard InChI is InChI=1S/C30H24O6/c1-35-19-8-17-7-6-15-10-25(33)22(14-20(15)28(17)26(34)13-19)21-9-16-4-3-5-24(32)29(16)30-23(21)11-18(31)12-27(30)36-2/h3-5,8-14,31-34H,6-7H2,1-2H3. The molecule has 180 valence electrons. The van der Waals surface area contributed by atoms with Crippen molar-refractivity contribution in [2.75, 3.05) is 14.2 Å². The topological polar surface area (TPSA) is 99.4 Å². The van der Waals surface area contributed by atoms with Crippen LogP contribution in [0.2, 0.25) is 0 Å². The number of methoxy groups -OCH3 is 2. The fourth-order valence-electron chi connectivity index (χ4n) is 5.48. The minimum Gasteiger partial charge on any atom is -0.508 e. The van der Waals surface area contributed by atoms with Crippen molar-refractivity contribution in [1.29, 1.82) is 0 Å². The number of hydrogen-bond donors (Lipinski definition) is 4. The zero-order valence-electron chi connectivity index (χ0n) is 19.8. The molecule has 0 radical (unpaired) electrons. The lowest BCUT2D eigenvalue weighted by atomic mass is 9.82. The summed E-state index contributed by atoms with van der Waals surface area (Å²) in [6.45, 7) is 0. The van der Waals surface area contributed by atoms with E-state index in [0.717, 1.165) is 34.1 Å². The van der Waals surface area contributed by atoms with Crippen LogP contribution in [0.5, 0.6) is 34.5 Å². The predicted octanol–water partition coefficient (Wildman–Crippen LogP) is 6.27. The Balaban J connectivity index is 1.70. The first kappa shape index (κ1) is 21.9. The third-order valence-corrected chi connectivity index (χ3v) is 7.07. The molecule has 0 spiro atoms. The summed E-state index contributed by atoms with van der Waals surface area (Å²) in [5, 5.41) is 45.8. The molecular formula is C30H24O6. The van der Waals surface area contributed by atoms with E-state index in [2.05, 4.69) is 0 Å². The molecule has 0 saturated carbocycles. The van der Waals surface area contributed by atoms with Gasteiger partial charge in [0.2, 0.25) is 0 Å². The highest BCUT2D eigenvalue weighted by Gasteiger charge is 2.24. The van der Waals surface area contributed by atoms with E-state index in [0.29, 0.717) is 45.2 Å². The summed E-state index contributed by atoms with van der Waals surface area (Å²) in [5.74, 6) is 1.31. The van der Waals surface area contributed by atoms with Crippen molar-refractivity contribution in [3.05, 3.63) is 71.8 Å². The number of fused-ring (bicyclic) bond motifs is 6. The Labute approximate surface area is 207 Å². The number of benzene rings is 5. The highest BCUT2D eigenvalue weighted by molar-refractivity contribution is 6.19. The van der Waals surface area contributed by atoms with E-state index in [9.17, 15) is 20.4 Å². The molecule has 4 N–H and O–H groups in total. The van der Waals surface area contributed by atoms with Crippen LogP contribution in [0.4, 0.5) is 0 Å². The van der Waals surface area contributed by atoms with Gasteiger partial charge in [0.1, 0.15) is 34.5 Å². The number of phenols is 4. The van der Waals surface area contributed by atoms with Gasteiger partial charge < -0.3 is 29.9 Å². The van der Waals surface area contributed by atoms with Crippen molar-refractivity contribution in [2.45, 2.75) is 12.8 Å². The Hall–Kier alpha value is -4.58. The van der Waals surface area contributed by atoms with Crippen LogP contribution in [0.15, 0.2) is 60.7 Å². The quantitative estimate of drug-likeness (QED) is 0.227. The molecule has 6 nitrogen and oxygen atoms in total. The van der Waals surface area contributed by atoms with E-state index in [1.54, 1.807) is 37.4 Å². The zero-order chi connectivity index (χ0) is 25.1. The van der Waals surface area contributed by atoms with Crippen LogP contribution in [0.25, 0.3) is 43.8 Å². The summed E-state index contributed by atoms with van der Waals surface area (Å²) in [7, 11) is 3.08. The molecule has 36 heavy (non-hydrogen) atoms. The van der Waals surface area contributed by atoms with Crippen molar-refractivity contribution in [3.8, 4) is 56.8 Å². The van der Waals surface area contributed by atoms with Crippen LogP contribution in [-0.4, -0.2) is 34.6 Å². The minimum absolute atomic E-state index is 0.00269. The van der Waals surface area contributed by atoms with Gasteiger partial charge in [-0.3, -0.25) is 0 Å². The Kier molecular flexibility index (Phi) is 4.86. The Bertz CT molecular complexity index is 1700. The highest BCUT2D eigenvalue weighted by atomic mass is 16.5. The molecule has 0 amide bonds. The third-order valence-electron chi connectivity index (χ3n) is 7.07. The van der Waals surface area contributed by atoms with Crippen molar-refractivity contribution < 1.29 is 29.9 Å². The second-order valence-electron chi connectivity index (χ2n) is 9.08. The average Bonchev–Trinajstić information content (AvgIpc) is 2.87. The molecule has 0 fully saturated rings. The SMILES string of the molecule is COc1cc(O)c2c(c1)CCc1cc(O)c(-c3cc4cccc(O)c4c4c(OC)cc(O)cc34)cc1-2. The van der Waals surface area contributed by atoms with Gasteiger partial charge in [0.15, 0.2) is 0 Å². The van der Waals surface area contributed by atoms with Gasteiger partial charge in [0.05, 0.1) is 14.2 Å². The van der Waals surface area contributed by atoms with E-state index in [-0.39, 0.29) is 23.0 Å². The van der Waals surface area contributed by atoms with Crippen LogP contribution in [-0.2, 0) is 12.8 Å². The molecule has 5 aromatic carbocycles. The van der Waals surface area contributed by atoms with Gasteiger partial charge >= 0.3 is 0 Å². The normalized spacial score (nSPS) is 12.4. The number of aryl methyl sites for hydroxylation is 2. The molecule has 0 aliphatic heterocycles. The van der Waals surface area contributed by atoms with E-state index >= 15 is 0 Å². The molecular weight excluding hydrogens is 456 g/mol. The van der Waals surface area contributed by atoms with Gasteiger partial charge in [-0.05, 0) is 82.3 Å². The third kappa shape index (κ3) is 3.18. The van der Waals surface area contributed by atoms with Crippen LogP contribution >= 0.6 is 0 Å². The molecule has 0 aromatic heterocycles. The van der Waals surface area contributed by atoms with Gasteiger partial charge in [-0.2, -0.15) is 0 Å². The summed E-state index contributed by atoms with van der Waals surface area (Å²) >= 11 is 0. The first-order valence-corrected chi connectivity index (χ1v) is 11.6. The summed E-state index contributed by atoms with van der Waals surface area (Å²) < 4.78 is 10.9.